The van der Waals surface area contributed by atoms with Gasteiger partial charge >= 0.3 is 0 Å². The highest BCUT2D eigenvalue weighted by atomic mass is 19.1. The van der Waals surface area contributed by atoms with Crippen LogP contribution in [0.5, 0.6) is 5.75 Å². The molecule has 2 rings (SSSR count). The third-order valence-corrected chi connectivity index (χ3v) is 2.62. The Hall–Kier alpha value is -2.76. The van der Waals surface area contributed by atoms with E-state index >= 15 is 0 Å². The van der Waals surface area contributed by atoms with E-state index in [2.05, 4.69) is 10.3 Å². The molecule has 0 bridgehead atoms. The lowest BCUT2D eigenvalue weighted by Gasteiger charge is -2.02. The quantitative estimate of drug-likeness (QED) is 0.695. The van der Waals surface area contributed by atoms with Crippen LogP contribution in [-0.2, 0) is 4.79 Å². The highest BCUT2D eigenvalue weighted by Crippen LogP contribution is 2.13. The molecular formula is C15H12F2N2O2. The molecule has 21 heavy (non-hydrogen) atoms. The van der Waals surface area contributed by atoms with Crippen LogP contribution in [-0.4, -0.2) is 18.0 Å². The Morgan fingerprint density at radius 3 is 2.52 bits per heavy atom. The summed E-state index contributed by atoms with van der Waals surface area (Å²) in [6.45, 7) is 0. The Balaban J connectivity index is 2.01. The second kappa shape index (κ2) is 6.60. The van der Waals surface area contributed by atoms with Crippen LogP contribution in [0.25, 0.3) is 6.08 Å². The van der Waals surface area contributed by atoms with Gasteiger partial charge in [0.05, 0.1) is 12.8 Å². The number of carbonyl (C=O) groups is 1. The van der Waals surface area contributed by atoms with Gasteiger partial charge in [0.15, 0.2) is 0 Å². The van der Waals surface area contributed by atoms with Crippen LogP contribution in [0.4, 0.5) is 14.5 Å². The number of hydrogen-bond acceptors (Lipinski definition) is 3. The zero-order chi connectivity index (χ0) is 15.2. The number of anilines is 1. The van der Waals surface area contributed by atoms with Crippen LogP contribution in [0.1, 0.15) is 5.56 Å². The molecule has 0 aliphatic rings. The molecule has 1 amide bonds. The van der Waals surface area contributed by atoms with Gasteiger partial charge in [0.1, 0.15) is 5.75 Å². The van der Waals surface area contributed by atoms with Crippen LogP contribution in [0.15, 0.2) is 42.5 Å². The SMILES string of the molecule is COc1ccc(/C=C/C(=O)Nc2ccc(F)nc2F)cc1. The summed E-state index contributed by atoms with van der Waals surface area (Å²) in [6, 6.07) is 9.11. The van der Waals surface area contributed by atoms with Crippen molar-refractivity contribution in [3.05, 3.63) is 59.9 Å². The zero-order valence-electron chi connectivity index (χ0n) is 11.1. The standard InChI is InChI=1S/C15H12F2N2O2/c1-21-11-5-2-10(3-6-11)4-9-14(20)18-12-7-8-13(16)19-15(12)17/h2-9H,1H3,(H,18,20)/b9-4+. The maximum atomic E-state index is 13.3. The summed E-state index contributed by atoms with van der Waals surface area (Å²) < 4.78 is 30.9. The summed E-state index contributed by atoms with van der Waals surface area (Å²) in [7, 11) is 1.56. The fourth-order valence-corrected chi connectivity index (χ4v) is 1.57. The van der Waals surface area contributed by atoms with Gasteiger partial charge in [-0.25, -0.2) is 0 Å². The van der Waals surface area contributed by atoms with Crippen LogP contribution in [0.2, 0.25) is 0 Å². The molecule has 0 fully saturated rings. The first-order valence-corrected chi connectivity index (χ1v) is 6.03. The molecule has 6 heteroatoms. The first-order chi connectivity index (χ1) is 10.1. The number of amides is 1. The second-order valence-corrected chi connectivity index (χ2v) is 4.07. The van der Waals surface area contributed by atoms with E-state index in [0.29, 0.717) is 5.75 Å². The number of ether oxygens (including phenoxy) is 1. The zero-order valence-corrected chi connectivity index (χ0v) is 11.1. The first-order valence-electron chi connectivity index (χ1n) is 6.03. The molecule has 4 nitrogen and oxygen atoms in total. The monoisotopic (exact) mass is 290 g/mol. The number of hydrogen-bond donors (Lipinski definition) is 1. The van der Waals surface area contributed by atoms with Crippen molar-refractivity contribution in [2.24, 2.45) is 0 Å². The van der Waals surface area contributed by atoms with E-state index in [-0.39, 0.29) is 5.69 Å². The first kappa shape index (κ1) is 14.6. The Morgan fingerprint density at radius 2 is 1.90 bits per heavy atom. The number of aromatic nitrogens is 1. The summed E-state index contributed by atoms with van der Waals surface area (Å²) in [4.78, 5) is 14.6. The molecule has 2 aromatic rings. The third kappa shape index (κ3) is 4.10. The topological polar surface area (TPSA) is 51.2 Å². The molecular weight excluding hydrogens is 278 g/mol. The Labute approximate surface area is 120 Å². The minimum atomic E-state index is -1.07. The highest BCUT2D eigenvalue weighted by Gasteiger charge is 2.07. The van der Waals surface area contributed by atoms with Gasteiger partial charge in [-0.3, -0.25) is 4.79 Å². The van der Waals surface area contributed by atoms with Gasteiger partial charge in [0.25, 0.3) is 0 Å². The van der Waals surface area contributed by atoms with Crippen molar-refractivity contribution in [2.75, 3.05) is 12.4 Å². The average molecular weight is 290 g/mol. The molecule has 0 spiro atoms. The van der Waals surface area contributed by atoms with E-state index in [0.717, 1.165) is 17.7 Å². The van der Waals surface area contributed by atoms with Crippen molar-refractivity contribution in [2.45, 2.75) is 0 Å². The fourth-order valence-electron chi connectivity index (χ4n) is 1.57. The van der Waals surface area contributed by atoms with Crippen LogP contribution in [0.3, 0.4) is 0 Å². The summed E-state index contributed by atoms with van der Waals surface area (Å²) in [5.74, 6) is -1.85. The largest absolute Gasteiger partial charge is 0.497 e. The maximum absolute atomic E-state index is 13.3. The third-order valence-electron chi connectivity index (χ3n) is 2.62. The van der Waals surface area contributed by atoms with Gasteiger partial charge in [-0.05, 0) is 35.9 Å². The van der Waals surface area contributed by atoms with E-state index in [9.17, 15) is 13.6 Å². The minimum absolute atomic E-state index is 0.180. The molecule has 0 aliphatic heterocycles. The van der Waals surface area contributed by atoms with Gasteiger partial charge in [-0.1, -0.05) is 12.1 Å². The van der Waals surface area contributed by atoms with E-state index in [1.807, 2.05) is 0 Å². The Kier molecular flexibility index (Phi) is 4.61. The molecule has 0 atom stereocenters. The Bertz CT molecular complexity index is 670. The molecule has 1 aromatic heterocycles. The number of pyridine rings is 1. The fraction of sp³-hybridized carbons (Fsp3) is 0.0667. The van der Waals surface area contributed by atoms with Gasteiger partial charge in [-0.15, -0.1) is 0 Å². The van der Waals surface area contributed by atoms with Crippen molar-refractivity contribution in [1.29, 1.82) is 0 Å². The number of nitrogens with one attached hydrogen (secondary N) is 1. The number of rotatable bonds is 4. The van der Waals surface area contributed by atoms with Gasteiger partial charge in [-0.2, -0.15) is 13.8 Å². The number of halogens is 2. The average Bonchev–Trinajstić information content (AvgIpc) is 2.48. The van der Waals surface area contributed by atoms with E-state index in [1.165, 1.54) is 6.08 Å². The lowest BCUT2D eigenvalue weighted by molar-refractivity contribution is -0.111. The van der Waals surface area contributed by atoms with E-state index < -0.39 is 17.8 Å². The van der Waals surface area contributed by atoms with E-state index in [4.69, 9.17) is 4.74 Å². The van der Waals surface area contributed by atoms with Crippen LogP contribution >= 0.6 is 0 Å². The second-order valence-electron chi connectivity index (χ2n) is 4.07. The normalized spacial score (nSPS) is 10.6. The predicted octanol–water partition coefficient (Wildman–Crippen LogP) is 3.02. The van der Waals surface area contributed by atoms with Crippen molar-refractivity contribution < 1.29 is 18.3 Å². The predicted molar refractivity (Wildman–Crippen MR) is 74.8 cm³/mol. The van der Waals surface area contributed by atoms with Gasteiger partial charge in [0.2, 0.25) is 17.8 Å². The molecule has 0 aliphatic carbocycles. The molecule has 0 saturated heterocycles. The molecule has 1 N–H and O–H groups in total. The van der Waals surface area contributed by atoms with Crippen molar-refractivity contribution >= 4 is 17.7 Å². The summed E-state index contributed by atoms with van der Waals surface area (Å²) in [5.41, 5.74) is 0.601. The summed E-state index contributed by atoms with van der Waals surface area (Å²) in [6.07, 6.45) is 2.80. The van der Waals surface area contributed by atoms with Crippen LogP contribution in [0, 0.1) is 11.9 Å². The Morgan fingerprint density at radius 1 is 1.19 bits per heavy atom. The number of benzene rings is 1. The molecule has 108 valence electrons. The maximum Gasteiger partial charge on any atom is 0.248 e. The summed E-state index contributed by atoms with van der Waals surface area (Å²) >= 11 is 0. The number of carbonyl (C=O) groups excluding carboxylic acids is 1. The summed E-state index contributed by atoms with van der Waals surface area (Å²) in [5, 5.41) is 2.28. The molecule has 0 radical (unpaired) electrons. The smallest absolute Gasteiger partial charge is 0.248 e. The van der Waals surface area contributed by atoms with Crippen LogP contribution < -0.4 is 10.1 Å². The van der Waals surface area contributed by atoms with Crippen molar-refractivity contribution in [1.82, 2.24) is 4.98 Å². The lowest BCUT2D eigenvalue weighted by Crippen LogP contribution is -2.10. The van der Waals surface area contributed by atoms with Gasteiger partial charge < -0.3 is 10.1 Å². The molecule has 1 heterocycles. The number of methoxy groups -OCH3 is 1. The molecule has 1 aromatic carbocycles. The lowest BCUT2D eigenvalue weighted by atomic mass is 10.2. The van der Waals surface area contributed by atoms with E-state index in [1.54, 1.807) is 37.5 Å². The van der Waals surface area contributed by atoms with Gasteiger partial charge in [0, 0.05) is 6.08 Å². The van der Waals surface area contributed by atoms with Crippen molar-refractivity contribution in [3.63, 3.8) is 0 Å². The highest BCUT2D eigenvalue weighted by molar-refractivity contribution is 6.01. The molecule has 0 saturated carbocycles. The minimum Gasteiger partial charge on any atom is -0.497 e. The molecule has 0 unspecified atom stereocenters. The number of nitrogens with zero attached hydrogens (tertiary/aromatic N) is 1. The van der Waals surface area contributed by atoms with Crippen molar-refractivity contribution in [3.8, 4) is 5.75 Å².